The molecule has 4 rings (SSSR count). The van der Waals surface area contributed by atoms with Gasteiger partial charge in [0.2, 0.25) is 5.91 Å². The summed E-state index contributed by atoms with van der Waals surface area (Å²) in [7, 11) is 0. The average molecular weight is 451 g/mol. The Kier molecular flexibility index (Phi) is 6.34. The van der Waals surface area contributed by atoms with E-state index in [2.05, 4.69) is 20.5 Å². The SMILES string of the molecule is Cc1ccc(NC(=O)CSc2nnc(Cc3csc(N)n3)n2-c2ccccc2)cc1C. The summed E-state index contributed by atoms with van der Waals surface area (Å²) in [6.07, 6.45) is 0.505. The van der Waals surface area contributed by atoms with Gasteiger partial charge in [-0.15, -0.1) is 21.5 Å². The molecular weight excluding hydrogens is 428 g/mol. The Hall–Kier alpha value is -3.17. The predicted octanol–water partition coefficient (Wildman–Crippen LogP) is 4.24. The molecule has 7 nitrogen and oxygen atoms in total. The maximum atomic E-state index is 12.5. The number of nitrogens with zero attached hydrogens (tertiary/aromatic N) is 4. The molecular formula is C22H22N6OS2. The minimum absolute atomic E-state index is 0.0929. The number of thioether (sulfide) groups is 1. The number of rotatable bonds is 7. The number of hydrogen-bond donors (Lipinski definition) is 2. The number of nitrogens with two attached hydrogens (primary N) is 1. The van der Waals surface area contributed by atoms with Crippen LogP contribution in [0.4, 0.5) is 10.8 Å². The van der Waals surface area contributed by atoms with Gasteiger partial charge in [0.25, 0.3) is 0 Å². The van der Waals surface area contributed by atoms with E-state index in [9.17, 15) is 4.79 Å². The van der Waals surface area contributed by atoms with Crippen LogP contribution >= 0.6 is 23.1 Å². The molecule has 0 bridgehead atoms. The van der Waals surface area contributed by atoms with Crippen molar-refractivity contribution in [3.63, 3.8) is 0 Å². The Bertz CT molecular complexity index is 1200. The van der Waals surface area contributed by atoms with Gasteiger partial charge in [0, 0.05) is 16.8 Å². The van der Waals surface area contributed by atoms with Crippen LogP contribution in [0.25, 0.3) is 5.69 Å². The molecule has 0 atom stereocenters. The normalized spacial score (nSPS) is 10.9. The second kappa shape index (κ2) is 9.32. The average Bonchev–Trinajstić information content (AvgIpc) is 3.36. The summed E-state index contributed by atoms with van der Waals surface area (Å²) in [4.78, 5) is 16.8. The van der Waals surface area contributed by atoms with E-state index >= 15 is 0 Å². The van der Waals surface area contributed by atoms with Crippen LogP contribution in [0.15, 0.2) is 59.1 Å². The van der Waals surface area contributed by atoms with E-state index in [0.29, 0.717) is 16.7 Å². The lowest BCUT2D eigenvalue weighted by atomic mass is 10.1. The van der Waals surface area contributed by atoms with Gasteiger partial charge in [-0.1, -0.05) is 36.0 Å². The van der Waals surface area contributed by atoms with Crippen molar-refractivity contribution < 1.29 is 4.79 Å². The Labute approximate surface area is 188 Å². The van der Waals surface area contributed by atoms with Gasteiger partial charge < -0.3 is 11.1 Å². The van der Waals surface area contributed by atoms with Crippen LogP contribution in [-0.2, 0) is 11.2 Å². The predicted molar refractivity (Wildman–Crippen MR) is 126 cm³/mol. The number of nitrogens with one attached hydrogen (secondary N) is 1. The van der Waals surface area contributed by atoms with E-state index in [1.54, 1.807) is 0 Å². The van der Waals surface area contributed by atoms with Gasteiger partial charge in [-0.3, -0.25) is 9.36 Å². The van der Waals surface area contributed by atoms with Gasteiger partial charge in [0.15, 0.2) is 10.3 Å². The van der Waals surface area contributed by atoms with Crippen molar-refractivity contribution in [3.05, 3.63) is 76.6 Å². The maximum Gasteiger partial charge on any atom is 0.234 e. The van der Waals surface area contributed by atoms with Crippen LogP contribution in [0.3, 0.4) is 0 Å². The molecule has 0 aliphatic rings. The molecule has 2 heterocycles. The zero-order valence-corrected chi connectivity index (χ0v) is 18.8. The van der Waals surface area contributed by atoms with Crippen molar-refractivity contribution in [2.75, 3.05) is 16.8 Å². The Balaban J connectivity index is 1.52. The number of para-hydroxylation sites is 1. The monoisotopic (exact) mass is 450 g/mol. The molecule has 0 aliphatic carbocycles. The molecule has 0 saturated carbocycles. The van der Waals surface area contributed by atoms with Crippen LogP contribution in [0.5, 0.6) is 0 Å². The highest BCUT2D eigenvalue weighted by Crippen LogP contribution is 2.24. The number of carbonyl (C=O) groups excluding carboxylic acids is 1. The lowest BCUT2D eigenvalue weighted by molar-refractivity contribution is -0.113. The van der Waals surface area contributed by atoms with Crippen LogP contribution in [0.2, 0.25) is 0 Å². The van der Waals surface area contributed by atoms with Crippen molar-refractivity contribution in [2.24, 2.45) is 0 Å². The summed E-state index contributed by atoms with van der Waals surface area (Å²) in [5.41, 5.74) is 10.7. The fraction of sp³-hybridized carbons (Fsp3) is 0.182. The smallest absolute Gasteiger partial charge is 0.234 e. The molecule has 1 amide bonds. The quantitative estimate of drug-likeness (QED) is 0.409. The molecule has 31 heavy (non-hydrogen) atoms. The molecule has 0 saturated heterocycles. The number of aromatic nitrogens is 4. The van der Waals surface area contributed by atoms with Gasteiger partial charge in [0.1, 0.15) is 5.82 Å². The van der Waals surface area contributed by atoms with E-state index in [1.807, 2.05) is 72.3 Å². The van der Waals surface area contributed by atoms with Gasteiger partial charge in [0.05, 0.1) is 17.9 Å². The molecule has 2 aromatic carbocycles. The van der Waals surface area contributed by atoms with Crippen molar-refractivity contribution >= 4 is 39.8 Å². The number of benzene rings is 2. The van der Waals surface area contributed by atoms with Crippen molar-refractivity contribution in [1.82, 2.24) is 19.7 Å². The van der Waals surface area contributed by atoms with Crippen LogP contribution < -0.4 is 11.1 Å². The van der Waals surface area contributed by atoms with E-state index in [0.717, 1.165) is 28.5 Å². The van der Waals surface area contributed by atoms with Crippen molar-refractivity contribution in [2.45, 2.75) is 25.4 Å². The lowest BCUT2D eigenvalue weighted by Crippen LogP contribution is -2.15. The van der Waals surface area contributed by atoms with E-state index in [4.69, 9.17) is 5.73 Å². The van der Waals surface area contributed by atoms with E-state index in [-0.39, 0.29) is 11.7 Å². The zero-order valence-electron chi connectivity index (χ0n) is 17.2. The van der Waals surface area contributed by atoms with Crippen LogP contribution in [-0.4, -0.2) is 31.4 Å². The summed E-state index contributed by atoms with van der Waals surface area (Å²) >= 11 is 2.75. The molecule has 3 N–H and O–H groups in total. The lowest BCUT2D eigenvalue weighted by Gasteiger charge is -2.10. The summed E-state index contributed by atoms with van der Waals surface area (Å²) in [5.74, 6) is 0.875. The first-order chi connectivity index (χ1) is 15.0. The highest BCUT2D eigenvalue weighted by atomic mass is 32.2. The van der Waals surface area contributed by atoms with Crippen molar-refractivity contribution in [3.8, 4) is 5.69 Å². The minimum Gasteiger partial charge on any atom is -0.375 e. The molecule has 9 heteroatoms. The first kappa shape index (κ1) is 21.1. The number of carbonyl (C=O) groups is 1. The third kappa shape index (κ3) is 5.12. The highest BCUT2D eigenvalue weighted by molar-refractivity contribution is 7.99. The number of nitrogen functional groups attached to an aromatic ring is 1. The third-order valence-corrected chi connectivity index (χ3v) is 6.40. The van der Waals surface area contributed by atoms with Gasteiger partial charge in [-0.05, 0) is 49.2 Å². The fourth-order valence-corrected chi connectivity index (χ4v) is 4.39. The Morgan fingerprint density at radius 3 is 2.65 bits per heavy atom. The minimum atomic E-state index is -0.0929. The second-order valence-electron chi connectivity index (χ2n) is 7.06. The highest BCUT2D eigenvalue weighted by Gasteiger charge is 2.17. The Morgan fingerprint density at radius 2 is 1.94 bits per heavy atom. The van der Waals surface area contributed by atoms with Gasteiger partial charge >= 0.3 is 0 Å². The third-order valence-electron chi connectivity index (χ3n) is 4.75. The van der Waals surface area contributed by atoms with Gasteiger partial charge in [-0.25, -0.2) is 4.98 Å². The summed E-state index contributed by atoms with van der Waals surface area (Å²) in [5, 5.41) is 14.8. The standard InChI is InChI=1S/C22H22N6OS2/c1-14-8-9-16(10-15(14)2)24-20(29)13-31-22-27-26-19(11-17-12-30-21(23)25-17)28(22)18-6-4-3-5-7-18/h3-10,12H,11,13H2,1-2H3,(H2,23,25)(H,24,29). The van der Waals surface area contributed by atoms with E-state index < -0.39 is 0 Å². The molecule has 0 aliphatic heterocycles. The van der Waals surface area contributed by atoms with Gasteiger partial charge in [-0.2, -0.15) is 0 Å². The van der Waals surface area contributed by atoms with Crippen molar-refractivity contribution in [1.29, 1.82) is 0 Å². The topological polar surface area (TPSA) is 98.7 Å². The van der Waals surface area contributed by atoms with E-state index in [1.165, 1.54) is 28.7 Å². The molecule has 4 aromatic rings. The molecule has 0 unspecified atom stereocenters. The molecule has 158 valence electrons. The summed E-state index contributed by atoms with van der Waals surface area (Å²) < 4.78 is 1.96. The van der Waals surface area contributed by atoms with Crippen LogP contribution in [0.1, 0.15) is 22.6 Å². The number of aryl methyl sites for hydroxylation is 2. The molecule has 0 radical (unpaired) electrons. The first-order valence-corrected chi connectivity index (χ1v) is 11.6. The molecule has 2 aromatic heterocycles. The zero-order chi connectivity index (χ0) is 21.8. The first-order valence-electron chi connectivity index (χ1n) is 9.69. The maximum absolute atomic E-state index is 12.5. The summed E-state index contributed by atoms with van der Waals surface area (Å²) in [6.45, 7) is 4.07. The number of amides is 1. The molecule has 0 fully saturated rings. The Morgan fingerprint density at radius 1 is 1.13 bits per heavy atom. The second-order valence-corrected chi connectivity index (χ2v) is 8.89. The van der Waals surface area contributed by atoms with Crippen LogP contribution in [0, 0.1) is 13.8 Å². The number of anilines is 2. The largest absolute Gasteiger partial charge is 0.375 e. The molecule has 0 spiro atoms. The fourth-order valence-electron chi connectivity index (χ4n) is 3.06. The number of hydrogen-bond acceptors (Lipinski definition) is 7. The summed E-state index contributed by atoms with van der Waals surface area (Å²) in [6, 6.07) is 15.7. The number of thiazole rings is 1.